The predicted molar refractivity (Wildman–Crippen MR) is 305 cm³/mol. The van der Waals surface area contributed by atoms with Crippen LogP contribution in [0, 0.1) is 0 Å². The van der Waals surface area contributed by atoms with Gasteiger partial charge < -0.3 is 20.3 Å². The van der Waals surface area contributed by atoms with Gasteiger partial charge in [0.25, 0.3) is 0 Å². The molecule has 3 N–H and O–H groups in total. The van der Waals surface area contributed by atoms with Crippen molar-refractivity contribution in [1.82, 2.24) is 5.32 Å². The van der Waals surface area contributed by atoms with Crippen LogP contribution < -0.4 is 5.32 Å². The maximum atomic E-state index is 13.3. The number of unbranched alkanes of at least 4 members (excludes halogenated alkanes) is 26. The fourth-order valence-corrected chi connectivity index (χ4v) is 8.52. The van der Waals surface area contributed by atoms with E-state index in [2.05, 4.69) is 123 Å². The molecule has 0 aliphatic carbocycles. The number of ether oxygens (including phenoxy) is 1. The largest absolute Gasteiger partial charge is 0.462 e. The number of rotatable bonds is 52. The second-order valence-electron chi connectivity index (χ2n) is 19.7. The van der Waals surface area contributed by atoms with Crippen molar-refractivity contribution in [2.75, 3.05) is 6.61 Å². The van der Waals surface area contributed by atoms with Gasteiger partial charge in [0.1, 0.15) is 6.10 Å². The van der Waals surface area contributed by atoms with E-state index in [0.717, 1.165) is 109 Å². The van der Waals surface area contributed by atoms with E-state index >= 15 is 0 Å². The molecule has 0 rings (SSSR count). The molecule has 0 aromatic rings. The number of hydrogen-bond acceptors (Lipinski definition) is 5. The smallest absolute Gasteiger partial charge is 0.306 e. The molecule has 0 fully saturated rings. The number of esters is 1. The maximum absolute atomic E-state index is 13.3. The maximum Gasteiger partial charge on any atom is 0.306 e. The van der Waals surface area contributed by atoms with Crippen LogP contribution in [-0.4, -0.2) is 46.9 Å². The lowest BCUT2D eigenvalue weighted by molar-refractivity contribution is -0.151. The average molecular weight is 975 g/mol. The molecule has 402 valence electrons. The number of aliphatic hydroxyl groups is 2. The van der Waals surface area contributed by atoms with Crippen molar-refractivity contribution in [3.8, 4) is 0 Å². The first-order valence-electron chi connectivity index (χ1n) is 29.5. The Kier molecular flexibility index (Phi) is 54.1. The van der Waals surface area contributed by atoms with Crippen LogP contribution in [0.1, 0.15) is 271 Å². The topological polar surface area (TPSA) is 95.9 Å². The summed E-state index contributed by atoms with van der Waals surface area (Å²) in [6.07, 6.45) is 76.1. The van der Waals surface area contributed by atoms with Crippen molar-refractivity contribution >= 4 is 11.9 Å². The van der Waals surface area contributed by atoms with E-state index in [1.807, 2.05) is 0 Å². The monoisotopic (exact) mass is 974 g/mol. The molecule has 6 nitrogen and oxygen atoms in total. The highest BCUT2D eigenvalue weighted by atomic mass is 16.5. The third-order valence-electron chi connectivity index (χ3n) is 13.0. The Morgan fingerprint density at radius 2 is 0.843 bits per heavy atom. The Hall–Kier alpha value is -3.22. The highest BCUT2D eigenvalue weighted by Crippen LogP contribution is 2.17. The van der Waals surface area contributed by atoms with Crippen molar-refractivity contribution < 1.29 is 24.5 Å². The van der Waals surface area contributed by atoms with E-state index in [-0.39, 0.29) is 24.9 Å². The van der Waals surface area contributed by atoms with Crippen molar-refractivity contribution in [2.24, 2.45) is 0 Å². The van der Waals surface area contributed by atoms with Crippen LogP contribution in [-0.2, 0) is 14.3 Å². The molecule has 0 radical (unpaired) electrons. The number of aliphatic hydroxyl groups excluding tert-OH is 2. The summed E-state index contributed by atoms with van der Waals surface area (Å²) in [5.74, 6) is -0.554. The summed E-state index contributed by atoms with van der Waals surface area (Å²) in [5.41, 5.74) is 0. The summed E-state index contributed by atoms with van der Waals surface area (Å²) in [4.78, 5) is 26.3. The predicted octanol–water partition coefficient (Wildman–Crippen LogP) is 18.5. The SMILES string of the molecule is CC/C=C\C/C=C\C/C=C\C/C=C\C/C=C\CCCC(CC(=O)NC(CO)C(O)CCCCCCCCCCCCCCCCCC)OC(=O)CCCCCCC/C=C/C=C/C=C/CCCCCCC. The first-order chi connectivity index (χ1) is 34.5. The number of carbonyl (C=O) groups is 2. The molecule has 0 aromatic carbocycles. The lowest BCUT2D eigenvalue weighted by Crippen LogP contribution is -2.46. The molecule has 0 aliphatic rings. The molecule has 6 heteroatoms. The van der Waals surface area contributed by atoms with Gasteiger partial charge >= 0.3 is 5.97 Å². The van der Waals surface area contributed by atoms with Gasteiger partial charge in [0, 0.05) is 6.42 Å². The molecule has 3 unspecified atom stereocenters. The second-order valence-corrected chi connectivity index (χ2v) is 19.7. The molecular weight excluding hydrogens is 863 g/mol. The van der Waals surface area contributed by atoms with Crippen LogP contribution in [0.3, 0.4) is 0 Å². The Morgan fingerprint density at radius 3 is 1.30 bits per heavy atom. The van der Waals surface area contributed by atoms with Crippen LogP contribution in [0.5, 0.6) is 0 Å². The number of hydrogen-bond donors (Lipinski definition) is 3. The minimum Gasteiger partial charge on any atom is -0.462 e. The van der Waals surface area contributed by atoms with E-state index in [1.165, 1.54) is 116 Å². The minimum atomic E-state index is -0.813. The Morgan fingerprint density at radius 1 is 0.443 bits per heavy atom. The third kappa shape index (κ3) is 51.1. The first-order valence-corrected chi connectivity index (χ1v) is 29.5. The zero-order chi connectivity index (χ0) is 50.9. The average Bonchev–Trinajstić information content (AvgIpc) is 3.35. The molecule has 0 spiro atoms. The standard InChI is InChI=1S/C64H111NO5/c1-4-7-10-13-16-19-22-25-28-31-33-36-39-42-45-48-51-54-57-64(69)70-60(55-52-49-46-43-40-37-34-32-29-26-23-20-17-14-11-8-5-2)58-63(68)65-61(59-66)62(67)56-53-50-47-44-41-38-35-30-27-24-21-18-15-12-9-6-3/h8,11,17,20,22,25-26,28-29,31,33-34,36-37,43,46,60-62,66-67H,4-7,9-10,12-16,18-19,21,23-24,27,30,32,35,38-42,44-45,47-59H2,1-3H3,(H,65,68)/b11-8-,20-17-,25-22+,29-26-,31-28+,36-33+,37-34-,46-43-. The lowest BCUT2D eigenvalue weighted by Gasteiger charge is -2.24. The molecular formula is C64H111NO5. The summed E-state index contributed by atoms with van der Waals surface area (Å²) in [6.45, 7) is 6.35. The summed E-state index contributed by atoms with van der Waals surface area (Å²) < 4.78 is 5.93. The quantitative estimate of drug-likeness (QED) is 0.0244. The molecule has 3 atom stereocenters. The number of carbonyl (C=O) groups excluding carboxylic acids is 2. The van der Waals surface area contributed by atoms with Gasteiger partial charge in [-0.1, -0.05) is 266 Å². The first kappa shape index (κ1) is 66.8. The molecule has 0 bridgehead atoms. The van der Waals surface area contributed by atoms with E-state index in [1.54, 1.807) is 0 Å². The fourth-order valence-electron chi connectivity index (χ4n) is 8.52. The van der Waals surface area contributed by atoms with Gasteiger partial charge in [-0.05, 0) is 89.9 Å². The number of amides is 1. The Balaban J connectivity index is 4.70. The van der Waals surface area contributed by atoms with E-state index in [4.69, 9.17) is 4.74 Å². The van der Waals surface area contributed by atoms with Gasteiger partial charge in [-0.2, -0.15) is 0 Å². The molecule has 0 saturated carbocycles. The van der Waals surface area contributed by atoms with Crippen molar-refractivity contribution in [3.05, 3.63) is 97.2 Å². The van der Waals surface area contributed by atoms with E-state index in [9.17, 15) is 19.8 Å². The Labute approximate surface area is 433 Å². The number of nitrogens with one attached hydrogen (secondary N) is 1. The van der Waals surface area contributed by atoms with E-state index < -0.39 is 18.2 Å². The number of allylic oxidation sites excluding steroid dienone is 16. The van der Waals surface area contributed by atoms with Gasteiger partial charge in [-0.15, -0.1) is 0 Å². The van der Waals surface area contributed by atoms with Gasteiger partial charge in [-0.3, -0.25) is 9.59 Å². The molecule has 0 aromatic heterocycles. The lowest BCUT2D eigenvalue weighted by atomic mass is 10.0. The third-order valence-corrected chi connectivity index (χ3v) is 13.0. The van der Waals surface area contributed by atoms with Crippen molar-refractivity contribution in [3.63, 3.8) is 0 Å². The molecule has 70 heavy (non-hydrogen) atoms. The van der Waals surface area contributed by atoms with Gasteiger partial charge in [-0.25, -0.2) is 0 Å². The van der Waals surface area contributed by atoms with Crippen LogP contribution in [0.25, 0.3) is 0 Å². The van der Waals surface area contributed by atoms with Crippen LogP contribution in [0.15, 0.2) is 97.2 Å². The highest BCUT2D eigenvalue weighted by Gasteiger charge is 2.24. The highest BCUT2D eigenvalue weighted by molar-refractivity contribution is 5.77. The minimum absolute atomic E-state index is 0.0256. The molecule has 0 saturated heterocycles. The molecule has 0 heterocycles. The van der Waals surface area contributed by atoms with E-state index in [0.29, 0.717) is 19.3 Å². The Bertz CT molecular complexity index is 1370. The van der Waals surface area contributed by atoms with Gasteiger partial charge in [0.2, 0.25) is 5.91 Å². The normalized spacial score (nSPS) is 13.8. The fraction of sp³-hybridized carbons (Fsp3) is 0.719. The molecule has 1 amide bonds. The second kappa shape index (κ2) is 56.7. The zero-order valence-corrected chi connectivity index (χ0v) is 45.9. The van der Waals surface area contributed by atoms with Crippen LogP contribution >= 0.6 is 0 Å². The van der Waals surface area contributed by atoms with Gasteiger partial charge in [0.05, 0.1) is 25.2 Å². The van der Waals surface area contributed by atoms with Crippen molar-refractivity contribution in [1.29, 1.82) is 0 Å². The molecule has 0 aliphatic heterocycles. The van der Waals surface area contributed by atoms with Crippen LogP contribution in [0.2, 0.25) is 0 Å². The summed E-state index contributed by atoms with van der Waals surface area (Å²) in [6, 6.07) is -0.731. The van der Waals surface area contributed by atoms with Gasteiger partial charge in [0.15, 0.2) is 0 Å². The van der Waals surface area contributed by atoms with Crippen LogP contribution in [0.4, 0.5) is 0 Å². The summed E-state index contributed by atoms with van der Waals surface area (Å²) >= 11 is 0. The summed E-state index contributed by atoms with van der Waals surface area (Å²) in [7, 11) is 0. The zero-order valence-electron chi connectivity index (χ0n) is 45.9. The van der Waals surface area contributed by atoms with Crippen molar-refractivity contribution in [2.45, 2.75) is 289 Å². The summed E-state index contributed by atoms with van der Waals surface area (Å²) in [5, 5.41) is 23.9.